The van der Waals surface area contributed by atoms with Gasteiger partial charge in [0.05, 0.1) is 10.6 Å². The van der Waals surface area contributed by atoms with Crippen LogP contribution in [0.5, 0.6) is 0 Å². The summed E-state index contributed by atoms with van der Waals surface area (Å²) in [4.78, 5) is 24.7. The summed E-state index contributed by atoms with van der Waals surface area (Å²) in [6.07, 6.45) is 3.34. The molecule has 2 amide bonds. The second kappa shape index (κ2) is 8.70. The number of hydrogen-bond donors (Lipinski definition) is 2. The van der Waals surface area contributed by atoms with Crippen LogP contribution in [0.4, 0.5) is 0 Å². The monoisotopic (exact) mass is 439 g/mol. The number of hydrogen-bond acceptors (Lipinski definition) is 5. The number of rotatable bonds is 5. The molecule has 1 aromatic heterocycles. The fraction of sp³-hybridized carbons (Fsp3) is 0.190. The number of nitrogens with zero attached hydrogens (tertiary/aromatic N) is 3. The van der Waals surface area contributed by atoms with E-state index in [1.807, 2.05) is 30.3 Å². The molecule has 1 fully saturated rings. The summed E-state index contributed by atoms with van der Waals surface area (Å²) in [5.41, 5.74) is 5.78. The van der Waals surface area contributed by atoms with E-state index in [2.05, 4.69) is 16.0 Å². The van der Waals surface area contributed by atoms with Crippen molar-refractivity contribution >= 4 is 21.8 Å². The molecule has 0 atom stereocenters. The molecule has 9 nitrogen and oxygen atoms in total. The van der Waals surface area contributed by atoms with Crippen LogP contribution in [0.1, 0.15) is 33.7 Å². The zero-order chi connectivity index (χ0) is 21.8. The van der Waals surface area contributed by atoms with E-state index in [1.165, 1.54) is 34.6 Å². The van der Waals surface area contributed by atoms with Crippen molar-refractivity contribution in [1.82, 2.24) is 24.9 Å². The number of sulfonamides is 1. The van der Waals surface area contributed by atoms with E-state index < -0.39 is 21.8 Å². The van der Waals surface area contributed by atoms with Crippen LogP contribution in [0.2, 0.25) is 0 Å². The Morgan fingerprint density at radius 1 is 0.839 bits per heavy atom. The molecular weight excluding hydrogens is 418 g/mol. The van der Waals surface area contributed by atoms with Gasteiger partial charge in [0, 0.05) is 24.8 Å². The van der Waals surface area contributed by atoms with E-state index in [0.29, 0.717) is 13.1 Å². The van der Waals surface area contributed by atoms with E-state index >= 15 is 0 Å². The maximum Gasteiger partial charge on any atom is 0.290 e. The zero-order valence-electron chi connectivity index (χ0n) is 16.6. The molecule has 0 unspecified atom stereocenters. The lowest BCUT2D eigenvalue weighted by Gasteiger charge is -2.15. The van der Waals surface area contributed by atoms with E-state index in [4.69, 9.17) is 0 Å². The summed E-state index contributed by atoms with van der Waals surface area (Å²) >= 11 is 0. The van der Waals surface area contributed by atoms with Gasteiger partial charge in [0.1, 0.15) is 0 Å². The van der Waals surface area contributed by atoms with Crippen molar-refractivity contribution in [3.63, 3.8) is 0 Å². The first-order chi connectivity index (χ1) is 14.9. The molecule has 1 aliphatic heterocycles. The molecule has 0 radical (unpaired) electrons. The first-order valence-corrected chi connectivity index (χ1v) is 11.2. The normalized spacial score (nSPS) is 14.3. The van der Waals surface area contributed by atoms with Crippen LogP contribution in [0.15, 0.2) is 71.8 Å². The summed E-state index contributed by atoms with van der Waals surface area (Å²) in [6, 6.07) is 16.4. The Morgan fingerprint density at radius 3 is 2.16 bits per heavy atom. The van der Waals surface area contributed by atoms with Gasteiger partial charge in [-0.25, -0.2) is 13.1 Å². The predicted molar refractivity (Wildman–Crippen MR) is 113 cm³/mol. The molecular formula is C21H21N5O4S. The smallest absolute Gasteiger partial charge is 0.267 e. The van der Waals surface area contributed by atoms with Gasteiger partial charge in [-0.15, -0.1) is 0 Å². The van der Waals surface area contributed by atoms with Gasteiger partial charge in [0.2, 0.25) is 10.0 Å². The van der Waals surface area contributed by atoms with Crippen molar-refractivity contribution in [3.8, 4) is 5.69 Å². The van der Waals surface area contributed by atoms with Gasteiger partial charge in [-0.05, 0) is 55.3 Å². The van der Waals surface area contributed by atoms with Gasteiger partial charge in [-0.3, -0.25) is 20.4 Å². The van der Waals surface area contributed by atoms with Crippen LogP contribution in [0.3, 0.4) is 0 Å². The standard InChI is InChI=1S/C21H21N5O4S/c27-20(16-8-10-18(11-9-16)31(29,30)25-13-4-5-14-25)22-23-21(28)19-12-15-26(24-19)17-6-2-1-3-7-17/h1-3,6-12,15H,4-5,13-14H2,(H,22,27)(H,23,28). The van der Waals surface area contributed by atoms with Crippen LogP contribution in [-0.4, -0.2) is 47.4 Å². The number of benzene rings is 2. The first kappa shape index (κ1) is 20.8. The Balaban J connectivity index is 1.36. The summed E-state index contributed by atoms with van der Waals surface area (Å²) in [5.74, 6) is -1.14. The maximum absolute atomic E-state index is 12.6. The third kappa shape index (κ3) is 4.49. The maximum atomic E-state index is 12.6. The van der Waals surface area contributed by atoms with Crippen molar-refractivity contribution in [1.29, 1.82) is 0 Å². The molecule has 0 bridgehead atoms. The van der Waals surface area contributed by atoms with E-state index in [0.717, 1.165) is 18.5 Å². The van der Waals surface area contributed by atoms with Gasteiger partial charge in [0.25, 0.3) is 11.8 Å². The summed E-state index contributed by atoms with van der Waals surface area (Å²) in [6.45, 7) is 1.02. The van der Waals surface area contributed by atoms with Gasteiger partial charge in [0.15, 0.2) is 5.69 Å². The van der Waals surface area contributed by atoms with Crippen molar-refractivity contribution in [2.75, 3.05) is 13.1 Å². The molecule has 31 heavy (non-hydrogen) atoms. The molecule has 0 spiro atoms. The Hall–Kier alpha value is -3.50. The summed E-state index contributed by atoms with van der Waals surface area (Å²) < 4.78 is 28.1. The second-order valence-electron chi connectivity index (χ2n) is 7.02. The van der Waals surface area contributed by atoms with Crippen molar-refractivity contribution in [3.05, 3.63) is 78.1 Å². The van der Waals surface area contributed by atoms with Crippen molar-refractivity contribution < 1.29 is 18.0 Å². The Kier molecular flexibility index (Phi) is 5.83. The quantitative estimate of drug-likeness (QED) is 0.588. The minimum atomic E-state index is -3.54. The lowest BCUT2D eigenvalue weighted by Crippen LogP contribution is -2.41. The van der Waals surface area contributed by atoms with Crippen molar-refractivity contribution in [2.24, 2.45) is 0 Å². The summed E-state index contributed by atoms with van der Waals surface area (Å²) in [5, 5.41) is 4.19. The van der Waals surface area contributed by atoms with Crippen LogP contribution < -0.4 is 10.9 Å². The van der Waals surface area contributed by atoms with E-state index in [1.54, 1.807) is 10.9 Å². The highest BCUT2D eigenvalue weighted by atomic mass is 32.2. The van der Waals surface area contributed by atoms with Crippen molar-refractivity contribution in [2.45, 2.75) is 17.7 Å². The highest BCUT2D eigenvalue weighted by Crippen LogP contribution is 2.21. The number of aromatic nitrogens is 2. The molecule has 1 aliphatic rings. The second-order valence-corrected chi connectivity index (χ2v) is 8.96. The molecule has 10 heteroatoms. The minimum absolute atomic E-state index is 0.135. The fourth-order valence-electron chi connectivity index (χ4n) is 3.28. The number of amides is 2. The topological polar surface area (TPSA) is 113 Å². The average Bonchev–Trinajstić information content (AvgIpc) is 3.51. The minimum Gasteiger partial charge on any atom is -0.267 e. The van der Waals surface area contributed by atoms with Crippen LogP contribution in [0, 0.1) is 0 Å². The fourth-order valence-corrected chi connectivity index (χ4v) is 4.79. The lowest BCUT2D eigenvalue weighted by molar-refractivity contribution is 0.0843. The van der Waals surface area contributed by atoms with E-state index in [9.17, 15) is 18.0 Å². The highest BCUT2D eigenvalue weighted by molar-refractivity contribution is 7.89. The SMILES string of the molecule is O=C(NNC(=O)c1ccn(-c2ccccc2)n1)c1ccc(S(=O)(=O)N2CCCC2)cc1. The van der Waals surface area contributed by atoms with Gasteiger partial charge in [-0.1, -0.05) is 18.2 Å². The summed E-state index contributed by atoms with van der Waals surface area (Å²) in [7, 11) is -3.54. The Labute approximate surface area is 179 Å². The first-order valence-electron chi connectivity index (χ1n) is 9.77. The largest absolute Gasteiger partial charge is 0.290 e. The van der Waals surface area contributed by atoms with E-state index in [-0.39, 0.29) is 16.2 Å². The van der Waals surface area contributed by atoms with Crippen LogP contribution >= 0.6 is 0 Å². The predicted octanol–water partition coefficient (Wildman–Crippen LogP) is 1.73. The third-order valence-electron chi connectivity index (χ3n) is 4.95. The molecule has 4 rings (SSSR count). The molecule has 2 aromatic carbocycles. The number of para-hydroxylation sites is 1. The molecule has 0 aliphatic carbocycles. The zero-order valence-corrected chi connectivity index (χ0v) is 17.4. The molecule has 160 valence electrons. The number of carbonyl (C=O) groups excluding carboxylic acids is 2. The Bertz CT molecular complexity index is 1180. The van der Waals surface area contributed by atoms with Gasteiger partial charge in [-0.2, -0.15) is 9.40 Å². The number of carbonyl (C=O) groups is 2. The third-order valence-corrected chi connectivity index (χ3v) is 6.86. The number of nitrogens with one attached hydrogen (secondary N) is 2. The average molecular weight is 439 g/mol. The van der Waals surface area contributed by atoms with Crippen LogP contribution in [-0.2, 0) is 10.0 Å². The van der Waals surface area contributed by atoms with Gasteiger partial charge < -0.3 is 0 Å². The van der Waals surface area contributed by atoms with Crippen LogP contribution in [0.25, 0.3) is 5.69 Å². The number of hydrazine groups is 1. The molecule has 3 aromatic rings. The van der Waals surface area contributed by atoms with Gasteiger partial charge >= 0.3 is 0 Å². The Morgan fingerprint density at radius 2 is 1.48 bits per heavy atom. The molecule has 2 heterocycles. The molecule has 1 saturated heterocycles. The highest BCUT2D eigenvalue weighted by Gasteiger charge is 2.27. The molecule has 2 N–H and O–H groups in total. The lowest BCUT2D eigenvalue weighted by atomic mass is 10.2. The molecule has 0 saturated carbocycles.